The second kappa shape index (κ2) is 6.14. The fourth-order valence-corrected chi connectivity index (χ4v) is 1.07. The van der Waals surface area contributed by atoms with Crippen molar-refractivity contribution >= 4 is 17.7 Å². The van der Waals surface area contributed by atoms with Crippen LogP contribution in [0.5, 0.6) is 0 Å². The minimum Gasteiger partial charge on any atom is -0.478 e. The molecule has 0 fully saturated rings. The number of carbonyl (C=O) groups is 2. The Hall–Kier alpha value is -2.16. The largest absolute Gasteiger partial charge is 0.478 e. The van der Waals surface area contributed by atoms with Crippen molar-refractivity contribution in [1.82, 2.24) is 4.98 Å². The van der Waals surface area contributed by atoms with Crippen LogP contribution in [0.4, 0.5) is 19.0 Å². The molecular weight excluding hydrogens is 269 g/mol. The molecule has 0 saturated carbocycles. The van der Waals surface area contributed by atoms with Gasteiger partial charge in [0.1, 0.15) is 19.0 Å². The maximum absolute atomic E-state index is 11.7. The van der Waals surface area contributed by atoms with Crippen molar-refractivity contribution in [2.75, 3.05) is 18.5 Å². The van der Waals surface area contributed by atoms with E-state index in [4.69, 9.17) is 5.11 Å². The Morgan fingerprint density at radius 3 is 2.68 bits per heavy atom. The molecule has 19 heavy (non-hydrogen) atoms. The fourth-order valence-electron chi connectivity index (χ4n) is 1.07. The van der Waals surface area contributed by atoms with Gasteiger partial charge < -0.3 is 15.2 Å². The molecule has 1 aromatic heterocycles. The number of rotatable bonds is 5. The van der Waals surface area contributed by atoms with E-state index in [-0.39, 0.29) is 11.4 Å². The quantitative estimate of drug-likeness (QED) is 0.847. The highest BCUT2D eigenvalue weighted by atomic mass is 19.4. The van der Waals surface area contributed by atoms with E-state index in [1.807, 2.05) is 0 Å². The van der Waals surface area contributed by atoms with Crippen LogP contribution in [0.15, 0.2) is 18.3 Å². The Morgan fingerprint density at radius 1 is 1.42 bits per heavy atom. The summed E-state index contributed by atoms with van der Waals surface area (Å²) in [5.74, 6) is -2.16. The summed E-state index contributed by atoms with van der Waals surface area (Å²) in [7, 11) is 0. The number of carbonyl (C=O) groups excluding carboxylic acids is 1. The Labute approximate surface area is 105 Å². The third-order valence-electron chi connectivity index (χ3n) is 1.77. The molecule has 0 bridgehead atoms. The number of hydrogen-bond acceptors (Lipinski definition) is 4. The molecule has 2 N–H and O–H groups in total. The second-order valence-corrected chi connectivity index (χ2v) is 3.39. The number of aromatic carboxylic acids is 1. The summed E-state index contributed by atoms with van der Waals surface area (Å²) in [6.07, 6.45) is -3.36. The van der Waals surface area contributed by atoms with E-state index in [9.17, 15) is 22.8 Å². The predicted molar refractivity (Wildman–Crippen MR) is 56.7 cm³/mol. The third kappa shape index (κ3) is 5.82. The van der Waals surface area contributed by atoms with Crippen molar-refractivity contribution in [3.8, 4) is 0 Å². The summed E-state index contributed by atoms with van der Waals surface area (Å²) in [5, 5.41) is 10.8. The lowest BCUT2D eigenvalue weighted by atomic mass is 10.2. The van der Waals surface area contributed by atoms with Gasteiger partial charge in [0.25, 0.3) is 5.91 Å². The minimum atomic E-state index is -4.51. The van der Waals surface area contributed by atoms with Crippen molar-refractivity contribution in [3.05, 3.63) is 23.9 Å². The van der Waals surface area contributed by atoms with Gasteiger partial charge in [-0.1, -0.05) is 0 Å². The van der Waals surface area contributed by atoms with Crippen LogP contribution in [0.25, 0.3) is 0 Å². The number of carboxylic acid groups (broad SMARTS) is 1. The van der Waals surface area contributed by atoms with Crippen LogP contribution in [-0.2, 0) is 9.53 Å². The van der Waals surface area contributed by atoms with Crippen LogP contribution in [-0.4, -0.2) is 41.4 Å². The van der Waals surface area contributed by atoms with Gasteiger partial charge in [-0.15, -0.1) is 0 Å². The second-order valence-electron chi connectivity index (χ2n) is 3.39. The van der Waals surface area contributed by atoms with Gasteiger partial charge in [0, 0.05) is 6.20 Å². The van der Waals surface area contributed by atoms with Crippen LogP contribution < -0.4 is 5.32 Å². The van der Waals surface area contributed by atoms with Crippen molar-refractivity contribution in [2.24, 2.45) is 0 Å². The summed E-state index contributed by atoms with van der Waals surface area (Å²) in [4.78, 5) is 25.5. The maximum atomic E-state index is 11.7. The van der Waals surface area contributed by atoms with E-state index < -0.39 is 31.3 Å². The smallest absolute Gasteiger partial charge is 0.411 e. The number of nitrogens with one attached hydrogen (secondary N) is 1. The lowest BCUT2D eigenvalue weighted by molar-refractivity contribution is -0.174. The molecule has 0 spiro atoms. The van der Waals surface area contributed by atoms with Crippen molar-refractivity contribution < 1.29 is 32.6 Å². The number of ether oxygens (including phenoxy) is 1. The summed E-state index contributed by atoms with van der Waals surface area (Å²) < 4.78 is 39.3. The van der Waals surface area contributed by atoms with Gasteiger partial charge in [-0.3, -0.25) is 4.79 Å². The number of aromatic nitrogens is 1. The molecule has 9 heteroatoms. The Balaban J connectivity index is 2.48. The number of nitrogens with zero attached hydrogens (tertiary/aromatic N) is 1. The molecule has 0 radical (unpaired) electrons. The molecule has 1 aromatic rings. The van der Waals surface area contributed by atoms with E-state index >= 15 is 0 Å². The van der Waals surface area contributed by atoms with Gasteiger partial charge in [0.2, 0.25) is 0 Å². The van der Waals surface area contributed by atoms with E-state index in [0.29, 0.717) is 0 Å². The number of carboxylic acids is 1. The number of hydrogen-bond donors (Lipinski definition) is 2. The maximum Gasteiger partial charge on any atom is 0.411 e. The summed E-state index contributed by atoms with van der Waals surface area (Å²) >= 11 is 0. The fraction of sp³-hybridized carbons (Fsp3) is 0.300. The molecule has 1 amide bonds. The summed E-state index contributed by atoms with van der Waals surface area (Å²) in [6.45, 7) is -2.35. The summed E-state index contributed by atoms with van der Waals surface area (Å²) in [6, 6.07) is 2.28. The highest BCUT2D eigenvalue weighted by Gasteiger charge is 2.27. The minimum absolute atomic E-state index is 0.0829. The first-order valence-electron chi connectivity index (χ1n) is 4.91. The van der Waals surface area contributed by atoms with E-state index in [0.717, 1.165) is 12.3 Å². The van der Waals surface area contributed by atoms with Crippen molar-refractivity contribution in [1.29, 1.82) is 0 Å². The van der Waals surface area contributed by atoms with Gasteiger partial charge in [0.15, 0.2) is 0 Å². The first-order chi connectivity index (χ1) is 8.78. The number of anilines is 1. The molecule has 0 aromatic carbocycles. The Kier molecular flexibility index (Phi) is 4.81. The van der Waals surface area contributed by atoms with Crippen LogP contribution in [0, 0.1) is 0 Å². The monoisotopic (exact) mass is 278 g/mol. The normalized spacial score (nSPS) is 11.1. The van der Waals surface area contributed by atoms with Crippen LogP contribution in [0.2, 0.25) is 0 Å². The van der Waals surface area contributed by atoms with Gasteiger partial charge in [-0.05, 0) is 12.1 Å². The van der Waals surface area contributed by atoms with E-state index in [1.54, 1.807) is 0 Å². The molecule has 104 valence electrons. The zero-order valence-corrected chi connectivity index (χ0v) is 9.40. The average Bonchev–Trinajstić information content (AvgIpc) is 2.27. The van der Waals surface area contributed by atoms with Gasteiger partial charge in [0.05, 0.1) is 5.56 Å². The van der Waals surface area contributed by atoms with Crippen molar-refractivity contribution in [2.45, 2.75) is 6.18 Å². The number of pyridine rings is 1. The van der Waals surface area contributed by atoms with Crippen molar-refractivity contribution in [3.63, 3.8) is 0 Å². The van der Waals surface area contributed by atoms with Crippen LogP contribution in [0.1, 0.15) is 10.4 Å². The van der Waals surface area contributed by atoms with E-state index in [2.05, 4.69) is 15.0 Å². The molecule has 0 aliphatic rings. The molecule has 0 unspecified atom stereocenters. The first-order valence-corrected chi connectivity index (χ1v) is 4.91. The molecule has 1 heterocycles. The molecule has 0 aliphatic carbocycles. The highest BCUT2D eigenvalue weighted by molar-refractivity contribution is 5.93. The lowest BCUT2D eigenvalue weighted by Gasteiger charge is -2.08. The molecule has 0 atom stereocenters. The van der Waals surface area contributed by atoms with Crippen LogP contribution in [0.3, 0.4) is 0 Å². The van der Waals surface area contributed by atoms with Crippen LogP contribution >= 0.6 is 0 Å². The number of halogens is 3. The van der Waals surface area contributed by atoms with Gasteiger partial charge >= 0.3 is 12.1 Å². The van der Waals surface area contributed by atoms with E-state index in [1.165, 1.54) is 6.07 Å². The topological polar surface area (TPSA) is 88.5 Å². The average molecular weight is 278 g/mol. The standard InChI is InChI=1S/C10H9F3N2O4/c11-10(12,13)5-19-4-8(16)15-7-3-6(9(17)18)1-2-14-7/h1-3H,4-5H2,(H,17,18)(H,14,15,16). The molecule has 6 nitrogen and oxygen atoms in total. The van der Waals surface area contributed by atoms with Gasteiger partial charge in [-0.2, -0.15) is 13.2 Å². The molecule has 0 aliphatic heterocycles. The number of amides is 1. The third-order valence-corrected chi connectivity index (χ3v) is 1.77. The lowest BCUT2D eigenvalue weighted by Crippen LogP contribution is -2.24. The summed E-state index contributed by atoms with van der Waals surface area (Å²) in [5.41, 5.74) is -0.110. The zero-order valence-electron chi connectivity index (χ0n) is 9.40. The highest BCUT2D eigenvalue weighted by Crippen LogP contribution is 2.14. The first kappa shape index (κ1) is 14.9. The van der Waals surface area contributed by atoms with Gasteiger partial charge in [-0.25, -0.2) is 9.78 Å². The molecule has 0 saturated heterocycles. The molecular formula is C10H9F3N2O4. The molecule has 1 rings (SSSR count). The SMILES string of the molecule is O=C(COCC(F)(F)F)Nc1cc(C(=O)O)ccn1. The Morgan fingerprint density at radius 2 is 2.11 bits per heavy atom. The Bertz CT molecular complexity index is 476. The predicted octanol–water partition coefficient (Wildman–Crippen LogP) is 1.30. The zero-order chi connectivity index (χ0) is 14.5. The number of alkyl halides is 3.